The van der Waals surface area contributed by atoms with Gasteiger partial charge >= 0.3 is 11.9 Å². The molecule has 0 N–H and O–H groups in total. The molecule has 0 aliphatic rings. The first kappa shape index (κ1) is 19.3. The standard InChI is InChI=1S/2C7H14O2/c1-6(2)4-5-9-7(3)8;1-3-5-6-7(8)9-4-2/h6H,4-5H2,1-3H3;3-6H2,1-2H3. The molecule has 0 radical (unpaired) electrons. The molecule has 0 rings (SSSR count). The number of rotatable bonds is 7. The van der Waals surface area contributed by atoms with Gasteiger partial charge in [-0.2, -0.15) is 0 Å². The van der Waals surface area contributed by atoms with Crippen LogP contribution in [0.2, 0.25) is 0 Å². The second-order valence-electron chi connectivity index (χ2n) is 4.43. The summed E-state index contributed by atoms with van der Waals surface area (Å²) in [5.74, 6) is 0.361. The molecule has 0 saturated carbocycles. The molecular weight excluding hydrogens is 232 g/mol. The molecule has 0 aromatic carbocycles. The van der Waals surface area contributed by atoms with Crippen molar-refractivity contribution in [3.63, 3.8) is 0 Å². The highest BCUT2D eigenvalue weighted by atomic mass is 16.5. The molecule has 0 amide bonds. The number of hydrogen-bond donors (Lipinski definition) is 0. The highest BCUT2D eigenvalue weighted by molar-refractivity contribution is 5.69. The number of carbonyl (C=O) groups is 2. The molecule has 4 heteroatoms. The molecule has 0 saturated heterocycles. The van der Waals surface area contributed by atoms with E-state index in [1.807, 2.05) is 6.92 Å². The lowest BCUT2D eigenvalue weighted by molar-refractivity contribution is -0.143. The average molecular weight is 260 g/mol. The summed E-state index contributed by atoms with van der Waals surface area (Å²) in [6, 6.07) is 0. The van der Waals surface area contributed by atoms with Crippen molar-refractivity contribution in [2.45, 2.75) is 60.3 Å². The van der Waals surface area contributed by atoms with Crippen molar-refractivity contribution in [1.82, 2.24) is 0 Å². The largest absolute Gasteiger partial charge is 0.466 e. The lowest BCUT2D eigenvalue weighted by atomic mass is 10.1. The van der Waals surface area contributed by atoms with Crippen LogP contribution in [0.15, 0.2) is 0 Å². The highest BCUT2D eigenvalue weighted by Gasteiger charge is 1.97. The minimum Gasteiger partial charge on any atom is -0.466 e. The summed E-state index contributed by atoms with van der Waals surface area (Å²) in [5.41, 5.74) is 0. The van der Waals surface area contributed by atoms with E-state index >= 15 is 0 Å². The molecular formula is C14H28O4. The van der Waals surface area contributed by atoms with Crippen molar-refractivity contribution in [3.05, 3.63) is 0 Å². The summed E-state index contributed by atoms with van der Waals surface area (Å²) < 4.78 is 9.42. The fourth-order valence-corrected chi connectivity index (χ4v) is 0.993. The van der Waals surface area contributed by atoms with Crippen molar-refractivity contribution >= 4 is 11.9 Å². The number of carbonyl (C=O) groups excluding carboxylic acids is 2. The molecule has 0 spiro atoms. The maximum Gasteiger partial charge on any atom is 0.305 e. The quantitative estimate of drug-likeness (QED) is 0.659. The smallest absolute Gasteiger partial charge is 0.305 e. The topological polar surface area (TPSA) is 52.6 Å². The SMILES string of the molecule is CC(=O)OCCC(C)C.CCCCC(=O)OCC. The monoisotopic (exact) mass is 260 g/mol. The van der Waals surface area contributed by atoms with E-state index in [4.69, 9.17) is 9.47 Å². The van der Waals surface area contributed by atoms with Crippen LogP contribution in [-0.2, 0) is 19.1 Å². The average Bonchev–Trinajstić information content (AvgIpc) is 2.26. The van der Waals surface area contributed by atoms with Crippen molar-refractivity contribution < 1.29 is 19.1 Å². The molecule has 0 aliphatic heterocycles. The van der Waals surface area contributed by atoms with Gasteiger partial charge in [0, 0.05) is 13.3 Å². The number of ether oxygens (including phenoxy) is 2. The first-order valence-corrected chi connectivity index (χ1v) is 6.72. The van der Waals surface area contributed by atoms with Crippen molar-refractivity contribution in [2.24, 2.45) is 5.92 Å². The molecule has 0 bridgehead atoms. The Hall–Kier alpha value is -1.06. The Balaban J connectivity index is 0. The number of hydrogen-bond acceptors (Lipinski definition) is 4. The normalized spacial score (nSPS) is 9.44. The van der Waals surface area contributed by atoms with E-state index in [9.17, 15) is 9.59 Å². The first-order chi connectivity index (χ1) is 8.43. The van der Waals surface area contributed by atoms with Gasteiger partial charge in [-0.25, -0.2) is 0 Å². The van der Waals surface area contributed by atoms with Crippen LogP contribution in [0.25, 0.3) is 0 Å². The minimum absolute atomic E-state index is 0.0700. The Morgan fingerprint density at radius 3 is 2.11 bits per heavy atom. The first-order valence-electron chi connectivity index (χ1n) is 6.72. The third kappa shape index (κ3) is 20.4. The summed E-state index contributed by atoms with van der Waals surface area (Å²) in [5, 5.41) is 0. The molecule has 108 valence electrons. The summed E-state index contributed by atoms with van der Waals surface area (Å²) >= 11 is 0. The molecule has 0 aromatic rings. The van der Waals surface area contributed by atoms with Crippen LogP contribution in [-0.4, -0.2) is 25.2 Å². The summed E-state index contributed by atoms with van der Waals surface area (Å²) in [6.45, 7) is 10.6. The van der Waals surface area contributed by atoms with Gasteiger partial charge in [0.25, 0.3) is 0 Å². The fraction of sp³-hybridized carbons (Fsp3) is 0.857. The van der Waals surface area contributed by atoms with Crippen molar-refractivity contribution in [1.29, 1.82) is 0 Å². The van der Waals surface area contributed by atoms with Gasteiger partial charge in [-0.1, -0.05) is 27.2 Å². The second kappa shape index (κ2) is 14.0. The van der Waals surface area contributed by atoms with Gasteiger partial charge in [0.1, 0.15) is 0 Å². The Bertz CT molecular complexity index is 212. The highest BCUT2D eigenvalue weighted by Crippen LogP contribution is 1.98. The van der Waals surface area contributed by atoms with Gasteiger partial charge in [-0.05, 0) is 25.7 Å². The molecule has 0 fully saturated rings. The van der Waals surface area contributed by atoms with Crippen molar-refractivity contribution in [2.75, 3.05) is 13.2 Å². The number of unbranched alkanes of at least 4 members (excludes halogenated alkanes) is 1. The lowest BCUT2D eigenvalue weighted by Crippen LogP contribution is -2.02. The molecule has 0 aliphatic carbocycles. The Morgan fingerprint density at radius 2 is 1.72 bits per heavy atom. The van der Waals surface area contributed by atoms with E-state index in [-0.39, 0.29) is 11.9 Å². The molecule has 0 aromatic heterocycles. The molecule has 0 atom stereocenters. The predicted octanol–water partition coefficient (Wildman–Crippen LogP) is 3.34. The maximum atomic E-state index is 10.6. The van der Waals surface area contributed by atoms with Crippen LogP contribution in [0.3, 0.4) is 0 Å². The second-order valence-corrected chi connectivity index (χ2v) is 4.43. The van der Waals surface area contributed by atoms with Gasteiger partial charge in [-0.3, -0.25) is 9.59 Å². The van der Waals surface area contributed by atoms with Gasteiger partial charge in [0.05, 0.1) is 13.2 Å². The zero-order valence-corrected chi connectivity index (χ0v) is 12.5. The van der Waals surface area contributed by atoms with E-state index < -0.39 is 0 Å². The lowest BCUT2D eigenvalue weighted by Gasteiger charge is -2.02. The predicted molar refractivity (Wildman–Crippen MR) is 72.2 cm³/mol. The van der Waals surface area contributed by atoms with E-state index in [2.05, 4.69) is 20.8 Å². The molecule has 18 heavy (non-hydrogen) atoms. The number of esters is 2. The molecule has 0 heterocycles. The Morgan fingerprint density at radius 1 is 1.11 bits per heavy atom. The van der Waals surface area contributed by atoms with E-state index in [0.29, 0.717) is 25.6 Å². The van der Waals surface area contributed by atoms with E-state index in [1.165, 1.54) is 6.92 Å². The van der Waals surface area contributed by atoms with Crippen LogP contribution in [0.1, 0.15) is 60.3 Å². The zero-order chi connectivity index (χ0) is 14.4. The zero-order valence-electron chi connectivity index (χ0n) is 12.5. The summed E-state index contributed by atoms with van der Waals surface area (Å²) in [6.07, 6.45) is 3.53. The van der Waals surface area contributed by atoms with Gasteiger partial charge in [0.15, 0.2) is 0 Å². The Kier molecular flexibility index (Phi) is 15.0. The summed E-state index contributed by atoms with van der Waals surface area (Å²) in [4.78, 5) is 20.8. The van der Waals surface area contributed by atoms with Crippen LogP contribution in [0.4, 0.5) is 0 Å². The molecule has 0 unspecified atom stereocenters. The van der Waals surface area contributed by atoms with Crippen molar-refractivity contribution in [3.8, 4) is 0 Å². The van der Waals surface area contributed by atoms with Gasteiger partial charge < -0.3 is 9.47 Å². The minimum atomic E-state index is -0.185. The maximum absolute atomic E-state index is 10.6. The third-order valence-corrected chi connectivity index (χ3v) is 2.04. The van der Waals surface area contributed by atoms with Crippen LogP contribution >= 0.6 is 0 Å². The van der Waals surface area contributed by atoms with Crippen LogP contribution in [0.5, 0.6) is 0 Å². The summed E-state index contributed by atoms with van der Waals surface area (Å²) in [7, 11) is 0. The van der Waals surface area contributed by atoms with Gasteiger partial charge in [-0.15, -0.1) is 0 Å². The third-order valence-electron chi connectivity index (χ3n) is 2.04. The van der Waals surface area contributed by atoms with Crippen LogP contribution < -0.4 is 0 Å². The van der Waals surface area contributed by atoms with Gasteiger partial charge in [0.2, 0.25) is 0 Å². The Labute approximate surface area is 111 Å². The van der Waals surface area contributed by atoms with E-state index in [0.717, 1.165) is 19.3 Å². The molecule has 4 nitrogen and oxygen atoms in total. The fourth-order valence-electron chi connectivity index (χ4n) is 0.993. The van der Waals surface area contributed by atoms with E-state index in [1.54, 1.807) is 0 Å². The van der Waals surface area contributed by atoms with Crippen LogP contribution in [0, 0.1) is 5.92 Å².